The standard InChI is InChI=1S/C27H41ClN2.CH4.3H2O/c1-20(2)26(29-16-14-22-8-6-21(3)7-9-22)18-30-17-15-25(27(4,5)19-30)23-10-12-24(28)13-11-23;;;;/h6-12,20,24-26,29H,13-19H2,1-5H3;1H4;3*1H2/t24?,25-,26+;;;;/m1..../s1. The summed E-state index contributed by atoms with van der Waals surface area (Å²) in [5.41, 5.74) is 4.55. The highest BCUT2D eigenvalue weighted by atomic mass is 35.5. The number of halogens is 1. The molecule has 3 rings (SSSR count). The maximum atomic E-state index is 6.24. The highest BCUT2D eigenvalue weighted by Crippen LogP contribution is 2.41. The second-order valence-electron chi connectivity index (χ2n) is 10.4. The SMILES string of the molecule is C.Cc1ccc(CCN[C@@H](CN2CC[C@H](C3=CCC(Cl)C=C3)C(C)(C)C2)C(C)C)cc1.O.O.O. The molecule has 0 bridgehead atoms. The van der Waals surface area contributed by atoms with Gasteiger partial charge in [-0.2, -0.15) is 0 Å². The Labute approximate surface area is 213 Å². The predicted molar refractivity (Wildman–Crippen MR) is 149 cm³/mol. The van der Waals surface area contributed by atoms with Crippen LogP contribution in [0, 0.1) is 24.2 Å². The van der Waals surface area contributed by atoms with Crippen LogP contribution in [0.3, 0.4) is 0 Å². The van der Waals surface area contributed by atoms with Crippen molar-refractivity contribution >= 4 is 11.6 Å². The van der Waals surface area contributed by atoms with Gasteiger partial charge in [-0.1, -0.05) is 83.2 Å². The summed E-state index contributed by atoms with van der Waals surface area (Å²) in [6, 6.07) is 9.48. The third-order valence-electron chi connectivity index (χ3n) is 6.99. The van der Waals surface area contributed by atoms with Crippen molar-refractivity contribution in [2.24, 2.45) is 17.3 Å². The third kappa shape index (κ3) is 9.80. The first kappa shape index (κ1) is 35.0. The number of aryl methyl sites for hydroxylation is 1. The summed E-state index contributed by atoms with van der Waals surface area (Å²) in [7, 11) is 0. The smallest absolute Gasteiger partial charge is 0.0553 e. The molecule has 1 heterocycles. The van der Waals surface area contributed by atoms with Gasteiger partial charge in [-0.25, -0.2) is 0 Å². The highest BCUT2D eigenvalue weighted by Gasteiger charge is 2.38. The van der Waals surface area contributed by atoms with Crippen molar-refractivity contribution in [1.29, 1.82) is 0 Å². The van der Waals surface area contributed by atoms with Crippen LogP contribution >= 0.6 is 11.6 Å². The van der Waals surface area contributed by atoms with E-state index >= 15 is 0 Å². The van der Waals surface area contributed by atoms with Crippen molar-refractivity contribution in [3.05, 3.63) is 59.2 Å². The number of allylic oxidation sites excluding steroid dienone is 4. The molecule has 0 saturated carbocycles. The lowest BCUT2D eigenvalue weighted by Crippen LogP contribution is -2.52. The third-order valence-corrected chi connectivity index (χ3v) is 7.31. The van der Waals surface area contributed by atoms with E-state index in [2.05, 4.69) is 87.3 Å². The molecule has 34 heavy (non-hydrogen) atoms. The average Bonchev–Trinajstić information content (AvgIpc) is 2.69. The van der Waals surface area contributed by atoms with Gasteiger partial charge >= 0.3 is 0 Å². The van der Waals surface area contributed by atoms with E-state index < -0.39 is 0 Å². The summed E-state index contributed by atoms with van der Waals surface area (Å²) in [6.45, 7) is 16.3. The lowest BCUT2D eigenvalue weighted by atomic mass is 9.69. The van der Waals surface area contributed by atoms with Gasteiger partial charge in [0, 0.05) is 19.1 Å². The number of nitrogens with one attached hydrogen (secondary N) is 1. The highest BCUT2D eigenvalue weighted by molar-refractivity contribution is 6.22. The number of alkyl halides is 1. The number of benzene rings is 1. The molecule has 1 fully saturated rings. The summed E-state index contributed by atoms with van der Waals surface area (Å²) in [5, 5.41) is 4.03. The van der Waals surface area contributed by atoms with Crippen LogP contribution in [0.1, 0.15) is 59.1 Å². The molecule has 2 aliphatic rings. The molecule has 198 valence electrons. The molecule has 5 nitrogen and oxygen atoms in total. The Kier molecular flexibility index (Phi) is 16.2. The second-order valence-corrected chi connectivity index (χ2v) is 11.0. The number of hydrogen-bond donors (Lipinski definition) is 1. The minimum Gasteiger partial charge on any atom is -0.412 e. The molecule has 1 saturated heterocycles. The summed E-state index contributed by atoms with van der Waals surface area (Å²) in [4.78, 5) is 2.69. The van der Waals surface area contributed by atoms with Crippen LogP contribution in [0.2, 0.25) is 0 Å². The summed E-state index contributed by atoms with van der Waals surface area (Å²) >= 11 is 6.24. The molecule has 3 atom stereocenters. The zero-order chi connectivity index (χ0) is 21.7. The fourth-order valence-corrected chi connectivity index (χ4v) is 5.22. The van der Waals surface area contributed by atoms with E-state index in [9.17, 15) is 0 Å². The number of rotatable bonds is 8. The first-order valence-electron chi connectivity index (χ1n) is 11.8. The minimum absolute atomic E-state index is 0. The fraction of sp³-hybridized carbons (Fsp3) is 0.643. The van der Waals surface area contributed by atoms with Crippen LogP contribution in [0.15, 0.2) is 48.1 Å². The van der Waals surface area contributed by atoms with E-state index in [-0.39, 0.29) is 34.6 Å². The number of nitrogens with zero attached hydrogens (tertiary/aromatic N) is 1. The van der Waals surface area contributed by atoms with Gasteiger partial charge in [-0.05, 0) is 67.7 Å². The van der Waals surface area contributed by atoms with Crippen molar-refractivity contribution in [2.45, 2.75) is 72.7 Å². The van der Waals surface area contributed by atoms with E-state index in [4.69, 9.17) is 11.6 Å². The van der Waals surface area contributed by atoms with Crippen molar-refractivity contribution in [2.75, 3.05) is 26.2 Å². The predicted octanol–water partition coefficient (Wildman–Crippen LogP) is 4.16. The zero-order valence-electron chi connectivity index (χ0n) is 21.1. The molecule has 1 aliphatic carbocycles. The van der Waals surface area contributed by atoms with E-state index in [0.717, 1.165) is 32.5 Å². The van der Waals surface area contributed by atoms with Crippen LogP contribution in [0.25, 0.3) is 0 Å². The van der Waals surface area contributed by atoms with Crippen molar-refractivity contribution in [3.8, 4) is 0 Å². The van der Waals surface area contributed by atoms with Gasteiger partial charge in [0.05, 0.1) is 5.38 Å². The van der Waals surface area contributed by atoms with Gasteiger partial charge in [0.1, 0.15) is 0 Å². The lowest BCUT2D eigenvalue weighted by molar-refractivity contribution is 0.0633. The molecule has 0 aromatic heterocycles. The van der Waals surface area contributed by atoms with Crippen LogP contribution in [0.5, 0.6) is 0 Å². The van der Waals surface area contributed by atoms with E-state index in [0.29, 0.717) is 17.9 Å². The first-order chi connectivity index (χ1) is 14.2. The van der Waals surface area contributed by atoms with Gasteiger partial charge < -0.3 is 26.6 Å². The van der Waals surface area contributed by atoms with E-state index in [1.807, 2.05) is 0 Å². The van der Waals surface area contributed by atoms with Crippen LogP contribution in [0.4, 0.5) is 0 Å². The van der Waals surface area contributed by atoms with Crippen LogP contribution in [-0.2, 0) is 6.42 Å². The number of hydrogen-bond acceptors (Lipinski definition) is 2. The largest absolute Gasteiger partial charge is 0.412 e. The number of piperidine rings is 1. The van der Waals surface area contributed by atoms with Gasteiger partial charge in [0.2, 0.25) is 0 Å². The van der Waals surface area contributed by atoms with Gasteiger partial charge in [-0.15, -0.1) is 11.6 Å². The molecule has 7 N–H and O–H groups in total. The molecule has 1 unspecified atom stereocenters. The van der Waals surface area contributed by atoms with Crippen molar-refractivity contribution in [1.82, 2.24) is 10.2 Å². The minimum atomic E-state index is 0. The van der Waals surface area contributed by atoms with E-state index in [1.165, 1.54) is 29.7 Å². The Balaban J connectivity index is 0. The topological polar surface area (TPSA) is 110 Å². The molecule has 6 heteroatoms. The fourth-order valence-electron chi connectivity index (χ4n) is 5.06. The summed E-state index contributed by atoms with van der Waals surface area (Å²) < 4.78 is 0. The van der Waals surface area contributed by atoms with Crippen LogP contribution < -0.4 is 5.32 Å². The van der Waals surface area contributed by atoms with Crippen LogP contribution in [-0.4, -0.2) is 58.9 Å². The monoisotopic (exact) mass is 498 g/mol. The van der Waals surface area contributed by atoms with Gasteiger partial charge in [0.25, 0.3) is 0 Å². The quantitative estimate of drug-likeness (QED) is 0.543. The van der Waals surface area contributed by atoms with Gasteiger partial charge in [0.15, 0.2) is 0 Å². The first-order valence-corrected chi connectivity index (χ1v) is 12.2. The lowest BCUT2D eigenvalue weighted by Gasteiger charge is -2.46. The summed E-state index contributed by atoms with van der Waals surface area (Å²) in [6.07, 6.45) is 10.1. The Morgan fingerprint density at radius 1 is 1.12 bits per heavy atom. The van der Waals surface area contributed by atoms with Crippen molar-refractivity contribution < 1.29 is 16.4 Å². The molecule has 0 spiro atoms. The maximum Gasteiger partial charge on any atom is 0.0553 e. The molecular weight excluding hydrogens is 448 g/mol. The maximum absolute atomic E-state index is 6.24. The Morgan fingerprint density at radius 2 is 1.76 bits per heavy atom. The van der Waals surface area contributed by atoms with Crippen molar-refractivity contribution in [3.63, 3.8) is 0 Å². The molecule has 1 aromatic carbocycles. The Hall–Kier alpha value is -1.21. The average molecular weight is 499 g/mol. The summed E-state index contributed by atoms with van der Waals surface area (Å²) in [5.74, 6) is 1.27. The normalized spacial score (nSPS) is 22.4. The van der Waals surface area contributed by atoms with E-state index in [1.54, 1.807) is 0 Å². The second kappa shape index (κ2) is 15.7. The molecular formula is C28H51ClN2O3. The molecule has 1 aromatic rings. The molecule has 1 aliphatic heterocycles. The number of likely N-dealkylation sites (tertiary alicyclic amines) is 1. The Morgan fingerprint density at radius 3 is 2.29 bits per heavy atom. The zero-order valence-corrected chi connectivity index (χ0v) is 21.9. The Bertz CT molecular complexity index is 747. The molecule has 0 radical (unpaired) electrons. The molecule has 0 amide bonds. The van der Waals surface area contributed by atoms with Gasteiger partial charge in [-0.3, -0.25) is 0 Å².